The number of likely N-dealkylation sites (N-methyl/N-ethyl adjacent to an activating group) is 1. The summed E-state index contributed by atoms with van der Waals surface area (Å²) in [4.78, 5) is 28.8. The van der Waals surface area contributed by atoms with Crippen molar-refractivity contribution in [3.8, 4) is 0 Å². The number of carbonyl (C=O) groups is 2. The van der Waals surface area contributed by atoms with Crippen molar-refractivity contribution in [2.45, 2.75) is 40.3 Å². The molecule has 0 amide bonds. The van der Waals surface area contributed by atoms with Crippen molar-refractivity contribution in [2.24, 2.45) is 0 Å². The fraction of sp³-hybridized carbons (Fsp3) is 0.368. The predicted octanol–water partition coefficient (Wildman–Crippen LogP) is 2.12. The Hall–Kier alpha value is -2.20. The first kappa shape index (κ1) is 17.2. The van der Waals surface area contributed by atoms with Gasteiger partial charge in [-0.3, -0.25) is 9.59 Å². The van der Waals surface area contributed by atoms with E-state index in [1.807, 2.05) is 46.0 Å². The number of benzene rings is 1. The fourth-order valence-electron chi connectivity index (χ4n) is 3.04. The van der Waals surface area contributed by atoms with Crippen molar-refractivity contribution < 1.29 is 14.5 Å². The maximum Gasteiger partial charge on any atom is 0.235 e. The van der Waals surface area contributed by atoms with Crippen LogP contribution in [-0.4, -0.2) is 29.6 Å². The van der Waals surface area contributed by atoms with E-state index in [9.17, 15) is 9.59 Å². The number of ketones is 2. The molecule has 0 saturated heterocycles. The van der Waals surface area contributed by atoms with Crippen molar-refractivity contribution in [1.29, 1.82) is 0 Å². The van der Waals surface area contributed by atoms with E-state index in [0.29, 0.717) is 11.3 Å². The Labute approximate surface area is 137 Å². The Morgan fingerprint density at radius 3 is 2.30 bits per heavy atom. The molecule has 23 heavy (non-hydrogen) atoms. The van der Waals surface area contributed by atoms with E-state index in [1.54, 1.807) is 0 Å². The molecule has 0 aliphatic carbocycles. The average Bonchev–Trinajstić information content (AvgIpc) is 2.81. The number of hydrogen-bond acceptors (Lipinski definition) is 2. The van der Waals surface area contributed by atoms with Gasteiger partial charge in [0.1, 0.15) is 6.54 Å². The minimum absolute atomic E-state index is 0.00654. The lowest BCUT2D eigenvalue weighted by atomic mass is 10.0. The zero-order chi connectivity index (χ0) is 17.1. The van der Waals surface area contributed by atoms with E-state index in [0.717, 1.165) is 22.7 Å². The van der Waals surface area contributed by atoms with Crippen LogP contribution in [0.1, 0.15) is 51.5 Å². The Balaban J connectivity index is 2.20. The van der Waals surface area contributed by atoms with Crippen LogP contribution in [-0.2, 0) is 6.54 Å². The maximum absolute atomic E-state index is 12.8. The minimum Gasteiger partial charge on any atom is -0.355 e. The number of hydrogen-bond donors (Lipinski definition) is 2. The molecule has 2 aromatic rings. The van der Waals surface area contributed by atoms with Gasteiger partial charge < -0.3 is 9.88 Å². The third-order valence-corrected chi connectivity index (χ3v) is 4.49. The highest BCUT2D eigenvalue weighted by molar-refractivity contribution is 6.04. The molecule has 0 bridgehead atoms. The standard InChI is InChI=1S/C19H24N2O2/c1-12-17(15(4)22)13(2)20-18(12)19(23)14(3)21(5)11-16-9-7-6-8-10-16/h6-10,14,20H,11H2,1-5H3/p+1/t14-/m1/s1. The molecule has 1 unspecified atom stereocenters. The molecule has 122 valence electrons. The second kappa shape index (κ2) is 6.92. The van der Waals surface area contributed by atoms with Gasteiger partial charge in [-0.05, 0) is 33.3 Å². The van der Waals surface area contributed by atoms with Gasteiger partial charge in [0.25, 0.3) is 0 Å². The number of aromatic amines is 1. The van der Waals surface area contributed by atoms with Gasteiger partial charge in [0.05, 0.1) is 12.7 Å². The van der Waals surface area contributed by atoms with Crippen LogP contribution >= 0.6 is 0 Å². The number of quaternary nitrogens is 1. The van der Waals surface area contributed by atoms with Crippen molar-refractivity contribution >= 4 is 11.6 Å². The van der Waals surface area contributed by atoms with Gasteiger partial charge in [0, 0.05) is 16.8 Å². The molecule has 4 nitrogen and oxygen atoms in total. The number of rotatable bonds is 6. The van der Waals surface area contributed by atoms with Gasteiger partial charge in [0.2, 0.25) is 5.78 Å². The second-order valence-corrected chi connectivity index (χ2v) is 6.28. The van der Waals surface area contributed by atoms with Crippen LogP contribution in [0.25, 0.3) is 0 Å². The third-order valence-electron chi connectivity index (χ3n) is 4.49. The van der Waals surface area contributed by atoms with Crippen LogP contribution < -0.4 is 4.90 Å². The molecule has 1 heterocycles. The number of carbonyl (C=O) groups excluding carboxylic acids is 2. The fourth-order valence-corrected chi connectivity index (χ4v) is 3.04. The van der Waals surface area contributed by atoms with Crippen LogP contribution in [0.5, 0.6) is 0 Å². The molecule has 0 aliphatic heterocycles. The molecule has 0 radical (unpaired) electrons. The molecule has 2 rings (SSSR count). The summed E-state index contributed by atoms with van der Waals surface area (Å²) < 4.78 is 0. The van der Waals surface area contributed by atoms with E-state index >= 15 is 0 Å². The second-order valence-electron chi connectivity index (χ2n) is 6.28. The van der Waals surface area contributed by atoms with Crippen molar-refractivity contribution in [1.82, 2.24) is 4.98 Å². The van der Waals surface area contributed by atoms with Gasteiger partial charge in [0.15, 0.2) is 11.8 Å². The first-order valence-corrected chi connectivity index (χ1v) is 7.93. The Kier molecular flexibility index (Phi) is 5.16. The SMILES string of the molecule is CC(=O)c1c(C)[nH]c(C(=O)[C@@H](C)[NH+](C)Cc2ccccc2)c1C. The van der Waals surface area contributed by atoms with Crippen LogP contribution in [0.3, 0.4) is 0 Å². The summed E-state index contributed by atoms with van der Waals surface area (Å²) in [6.45, 7) is 7.93. The summed E-state index contributed by atoms with van der Waals surface area (Å²) >= 11 is 0. The number of nitrogens with one attached hydrogen (secondary N) is 2. The monoisotopic (exact) mass is 313 g/mol. The summed E-state index contributed by atoms with van der Waals surface area (Å²) in [7, 11) is 2.02. The minimum atomic E-state index is -0.188. The van der Waals surface area contributed by atoms with E-state index in [2.05, 4.69) is 17.1 Å². The smallest absolute Gasteiger partial charge is 0.235 e. The van der Waals surface area contributed by atoms with Crippen molar-refractivity contribution in [2.75, 3.05) is 7.05 Å². The third kappa shape index (κ3) is 3.59. The number of aryl methyl sites for hydroxylation is 1. The number of H-pyrrole nitrogens is 1. The molecule has 0 saturated carbocycles. The van der Waals surface area contributed by atoms with E-state index in [1.165, 1.54) is 12.5 Å². The molecule has 0 fully saturated rings. The highest BCUT2D eigenvalue weighted by Gasteiger charge is 2.28. The van der Waals surface area contributed by atoms with Gasteiger partial charge in [-0.15, -0.1) is 0 Å². The summed E-state index contributed by atoms with van der Waals surface area (Å²) in [6, 6.07) is 9.95. The first-order chi connectivity index (χ1) is 10.8. The lowest BCUT2D eigenvalue weighted by Crippen LogP contribution is -3.12. The summed E-state index contributed by atoms with van der Waals surface area (Å²) in [6.07, 6.45) is 0. The predicted molar refractivity (Wildman–Crippen MR) is 91.1 cm³/mol. The lowest BCUT2D eigenvalue weighted by molar-refractivity contribution is -0.907. The topological polar surface area (TPSA) is 54.4 Å². The van der Waals surface area contributed by atoms with E-state index < -0.39 is 0 Å². The first-order valence-electron chi connectivity index (χ1n) is 7.93. The largest absolute Gasteiger partial charge is 0.355 e. The molecule has 1 aromatic heterocycles. The Bertz CT molecular complexity index is 716. The molecular formula is C19H25N2O2+. The molecule has 2 N–H and O–H groups in total. The summed E-state index contributed by atoms with van der Waals surface area (Å²) in [5.41, 5.74) is 3.94. The number of aromatic nitrogens is 1. The quantitative estimate of drug-likeness (QED) is 0.803. The summed E-state index contributed by atoms with van der Waals surface area (Å²) in [5, 5.41) is 0. The van der Waals surface area contributed by atoms with Crippen LogP contribution in [0.15, 0.2) is 30.3 Å². The Morgan fingerprint density at radius 2 is 1.78 bits per heavy atom. The normalized spacial score (nSPS) is 13.6. The molecular weight excluding hydrogens is 288 g/mol. The zero-order valence-electron chi connectivity index (χ0n) is 14.5. The molecule has 1 aromatic carbocycles. The van der Waals surface area contributed by atoms with E-state index in [4.69, 9.17) is 0 Å². The highest BCUT2D eigenvalue weighted by atomic mass is 16.1. The van der Waals surface area contributed by atoms with Gasteiger partial charge in [-0.1, -0.05) is 30.3 Å². The molecule has 0 spiro atoms. The molecule has 2 atom stereocenters. The molecule has 0 aliphatic rings. The highest BCUT2D eigenvalue weighted by Crippen LogP contribution is 2.19. The number of Topliss-reactive ketones (excluding diaryl/α,β-unsaturated/α-hetero) is 2. The zero-order valence-corrected chi connectivity index (χ0v) is 14.5. The summed E-state index contributed by atoms with van der Waals surface area (Å²) in [5.74, 6) is 0.0412. The van der Waals surface area contributed by atoms with Crippen LogP contribution in [0.2, 0.25) is 0 Å². The van der Waals surface area contributed by atoms with Crippen LogP contribution in [0.4, 0.5) is 0 Å². The van der Waals surface area contributed by atoms with E-state index in [-0.39, 0.29) is 17.6 Å². The van der Waals surface area contributed by atoms with Gasteiger partial charge in [-0.2, -0.15) is 0 Å². The Morgan fingerprint density at radius 1 is 1.17 bits per heavy atom. The van der Waals surface area contributed by atoms with Gasteiger partial charge in [-0.25, -0.2) is 0 Å². The van der Waals surface area contributed by atoms with Crippen LogP contribution in [0, 0.1) is 13.8 Å². The molecule has 4 heteroatoms. The average molecular weight is 313 g/mol. The van der Waals surface area contributed by atoms with Crippen molar-refractivity contribution in [3.63, 3.8) is 0 Å². The van der Waals surface area contributed by atoms with Gasteiger partial charge >= 0.3 is 0 Å². The lowest BCUT2D eigenvalue weighted by Gasteiger charge is -2.20. The maximum atomic E-state index is 12.8. The van der Waals surface area contributed by atoms with Crippen molar-refractivity contribution in [3.05, 3.63) is 58.4 Å².